The highest BCUT2D eigenvalue weighted by Gasteiger charge is 2.30. The van der Waals surface area contributed by atoms with Gasteiger partial charge in [-0.1, -0.05) is 34.1 Å². The van der Waals surface area contributed by atoms with E-state index in [0.29, 0.717) is 28.2 Å². The number of amides is 1. The minimum absolute atomic E-state index is 0.0490. The summed E-state index contributed by atoms with van der Waals surface area (Å²) in [5, 5.41) is 2.73. The van der Waals surface area contributed by atoms with Crippen molar-refractivity contribution >= 4 is 43.2 Å². The van der Waals surface area contributed by atoms with Gasteiger partial charge in [0.15, 0.2) is 0 Å². The quantitative estimate of drug-likeness (QED) is 0.444. The molecule has 3 aromatic rings. The Balaban J connectivity index is 1.92. The van der Waals surface area contributed by atoms with Gasteiger partial charge < -0.3 is 14.8 Å². The topological polar surface area (TPSA) is 84.9 Å². The summed E-state index contributed by atoms with van der Waals surface area (Å²) >= 11 is 3.31. The lowest BCUT2D eigenvalue weighted by molar-refractivity contribution is -0.114. The summed E-state index contributed by atoms with van der Waals surface area (Å²) in [7, 11) is -2.73. The van der Waals surface area contributed by atoms with Crippen molar-refractivity contribution in [2.75, 3.05) is 29.9 Å². The lowest BCUT2D eigenvalue weighted by Gasteiger charge is -2.25. The molecule has 168 valence electrons. The van der Waals surface area contributed by atoms with Gasteiger partial charge in [0, 0.05) is 10.2 Å². The molecule has 0 aliphatic heterocycles. The van der Waals surface area contributed by atoms with Crippen molar-refractivity contribution in [1.29, 1.82) is 0 Å². The fourth-order valence-corrected chi connectivity index (χ4v) is 5.13. The molecule has 0 unspecified atom stereocenters. The Kier molecular flexibility index (Phi) is 7.76. The zero-order valence-corrected chi connectivity index (χ0v) is 20.0. The second-order valence-corrected chi connectivity index (χ2v) is 9.39. The van der Waals surface area contributed by atoms with E-state index >= 15 is 0 Å². The van der Waals surface area contributed by atoms with Gasteiger partial charge in [-0.15, -0.1) is 0 Å². The molecule has 0 heterocycles. The normalized spacial score (nSPS) is 11.0. The third-order valence-electron chi connectivity index (χ3n) is 4.47. The minimum Gasteiger partial charge on any atom is -0.495 e. The molecule has 0 aromatic heterocycles. The third-order valence-corrected chi connectivity index (χ3v) is 6.76. The zero-order valence-electron chi connectivity index (χ0n) is 17.6. The van der Waals surface area contributed by atoms with Gasteiger partial charge in [0.1, 0.15) is 22.9 Å². The predicted molar refractivity (Wildman–Crippen MR) is 128 cm³/mol. The number of rotatable bonds is 9. The number of halogens is 1. The second kappa shape index (κ2) is 10.5. The Hall–Kier alpha value is -3.04. The number of hydrogen-bond donors (Lipinski definition) is 1. The van der Waals surface area contributed by atoms with Crippen LogP contribution in [-0.4, -0.2) is 34.6 Å². The van der Waals surface area contributed by atoms with Crippen molar-refractivity contribution in [3.63, 3.8) is 0 Å². The number of carbonyl (C=O) groups is 1. The highest BCUT2D eigenvalue weighted by molar-refractivity contribution is 9.10. The fraction of sp³-hybridized carbons (Fsp3) is 0.174. The summed E-state index contributed by atoms with van der Waals surface area (Å²) in [6.45, 7) is 2.00. The number of hydrogen-bond acceptors (Lipinski definition) is 5. The fourth-order valence-electron chi connectivity index (χ4n) is 3.01. The summed E-state index contributed by atoms with van der Waals surface area (Å²) in [6, 6.07) is 20.0. The molecule has 0 atom stereocenters. The molecule has 0 spiro atoms. The van der Waals surface area contributed by atoms with E-state index in [9.17, 15) is 13.2 Å². The first-order valence-corrected chi connectivity index (χ1v) is 12.0. The Morgan fingerprint density at radius 1 is 1.03 bits per heavy atom. The van der Waals surface area contributed by atoms with E-state index in [1.165, 1.54) is 13.2 Å². The molecule has 0 aliphatic carbocycles. The smallest absolute Gasteiger partial charge is 0.268 e. The van der Waals surface area contributed by atoms with E-state index in [4.69, 9.17) is 9.47 Å². The minimum atomic E-state index is -4.12. The van der Waals surface area contributed by atoms with Crippen LogP contribution in [0.15, 0.2) is 82.2 Å². The molecule has 0 saturated carbocycles. The number of benzene rings is 3. The van der Waals surface area contributed by atoms with Crippen LogP contribution in [0, 0.1) is 0 Å². The van der Waals surface area contributed by atoms with Crippen LogP contribution in [0.4, 0.5) is 11.4 Å². The molecule has 0 fully saturated rings. The van der Waals surface area contributed by atoms with E-state index < -0.39 is 22.5 Å². The van der Waals surface area contributed by atoms with E-state index in [1.807, 2.05) is 6.92 Å². The van der Waals surface area contributed by atoms with E-state index in [1.54, 1.807) is 66.7 Å². The van der Waals surface area contributed by atoms with Crippen LogP contribution >= 0.6 is 15.9 Å². The molecule has 9 heteroatoms. The molecule has 7 nitrogen and oxygen atoms in total. The molecule has 0 radical (unpaired) electrons. The average Bonchev–Trinajstić information content (AvgIpc) is 2.79. The van der Waals surface area contributed by atoms with Gasteiger partial charge in [-0.25, -0.2) is 8.42 Å². The number of anilines is 2. The molecule has 3 rings (SSSR count). The first-order chi connectivity index (χ1) is 15.3. The van der Waals surface area contributed by atoms with E-state index in [-0.39, 0.29) is 10.6 Å². The van der Waals surface area contributed by atoms with E-state index in [0.717, 1.165) is 4.31 Å². The second-order valence-electron chi connectivity index (χ2n) is 6.65. The Bertz CT molecular complexity index is 1170. The maximum absolute atomic E-state index is 13.6. The van der Waals surface area contributed by atoms with Crippen molar-refractivity contribution in [1.82, 2.24) is 0 Å². The summed E-state index contributed by atoms with van der Waals surface area (Å²) in [6.07, 6.45) is 0. The van der Waals surface area contributed by atoms with Gasteiger partial charge in [0.05, 0.1) is 19.4 Å². The number of ether oxygens (including phenoxy) is 2. The number of nitrogens with zero attached hydrogens (tertiary/aromatic N) is 1. The summed E-state index contributed by atoms with van der Waals surface area (Å²) in [4.78, 5) is 12.8. The van der Waals surface area contributed by atoms with Crippen molar-refractivity contribution in [2.24, 2.45) is 0 Å². The molecular weight excluding hydrogens is 496 g/mol. The monoisotopic (exact) mass is 518 g/mol. The van der Waals surface area contributed by atoms with Crippen molar-refractivity contribution in [2.45, 2.75) is 11.8 Å². The number of carbonyl (C=O) groups excluding carboxylic acids is 1. The lowest BCUT2D eigenvalue weighted by atomic mass is 10.3. The summed E-state index contributed by atoms with van der Waals surface area (Å²) in [5.41, 5.74) is 0.889. The highest BCUT2D eigenvalue weighted by Crippen LogP contribution is 2.32. The first kappa shape index (κ1) is 23.6. The Morgan fingerprint density at radius 2 is 1.72 bits per heavy atom. The summed E-state index contributed by atoms with van der Waals surface area (Å²) < 4.78 is 39.5. The largest absolute Gasteiger partial charge is 0.495 e. The first-order valence-electron chi connectivity index (χ1n) is 9.79. The number of sulfonamides is 1. The number of methoxy groups -OCH3 is 1. The van der Waals surface area contributed by atoms with Crippen LogP contribution in [0.1, 0.15) is 6.92 Å². The van der Waals surface area contributed by atoms with Crippen molar-refractivity contribution in [3.8, 4) is 11.5 Å². The summed E-state index contributed by atoms with van der Waals surface area (Å²) in [5.74, 6) is 0.373. The standard InChI is InChI=1S/C23H23BrN2O5S/c1-3-31-20-12-10-18(11-13-20)25-23(27)16-26(19-7-5-4-6-8-19)32(28,29)22-15-17(24)9-14-21(22)30-2/h4-15H,3,16H2,1-2H3,(H,25,27). The van der Waals surface area contributed by atoms with Crippen LogP contribution in [-0.2, 0) is 14.8 Å². The molecule has 0 saturated heterocycles. The van der Waals surface area contributed by atoms with Crippen LogP contribution in [0.5, 0.6) is 11.5 Å². The van der Waals surface area contributed by atoms with Gasteiger partial charge in [-0.2, -0.15) is 0 Å². The zero-order chi connectivity index (χ0) is 23.1. The van der Waals surface area contributed by atoms with Gasteiger partial charge in [-0.3, -0.25) is 9.10 Å². The molecule has 0 bridgehead atoms. The van der Waals surface area contributed by atoms with Crippen LogP contribution in [0.3, 0.4) is 0 Å². The van der Waals surface area contributed by atoms with Crippen LogP contribution in [0.25, 0.3) is 0 Å². The van der Waals surface area contributed by atoms with Crippen molar-refractivity contribution < 1.29 is 22.7 Å². The average molecular weight is 519 g/mol. The molecule has 32 heavy (non-hydrogen) atoms. The maximum Gasteiger partial charge on any atom is 0.268 e. The number of nitrogens with one attached hydrogen (secondary N) is 1. The SMILES string of the molecule is CCOc1ccc(NC(=O)CN(c2ccccc2)S(=O)(=O)c2cc(Br)ccc2OC)cc1. The lowest BCUT2D eigenvalue weighted by Crippen LogP contribution is -2.38. The van der Waals surface area contributed by atoms with E-state index in [2.05, 4.69) is 21.2 Å². The van der Waals surface area contributed by atoms with Gasteiger partial charge in [-0.05, 0) is 61.5 Å². The molecule has 3 aromatic carbocycles. The van der Waals surface area contributed by atoms with Crippen LogP contribution in [0.2, 0.25) is 0 Å². The highest BCUT2D eigenvalue weighted by atomic mass is 79.9. The van der Waals surface area contributed by atoms with Gasteiger partial charge in [0.2, 0.25) is 5.91 Å². The van der Waals surface area contributed by atoms with Gasteiger partial charge >= 0.3 is 0 Å². The van der Waals surface area contributed by atoms with Gasteiger partial charge in [0.25, 0.3) is 10.0 Å². The Morgan fingerprint density at radius 3 is 2.34 bits per heavy atom. The Labute approximate surface area is 196 Å². The van der Waals surface area contributed by atoms with Crippen LogP contribution < -0.4 is 19.1 Å². The molecule has 1 N–H and O–H groups in total. The third kappa shape index (κ3) is 5.60. The molecule has 0 aliphatic rings. The predicted octanol–water partition coefficient (Wildman–Crippen LogP) is 4.69. The van der Waals surface area contributed by atoms with Crippen molar-refractivity contribution in [3.05, 3.63) is 77.3 Å². The number of para-hydroxylation sites is 1. The maximum atomic E-state index is 13.6. The molecular formula is C23H23BrN2O5S. The molecule has 1 amide bonds.